The number of ether oxygens (including phenoxy) is 1. The van der Waals surface area contributed by atoms with Crippen LogP contribution in [0.3, 0.4) is 0 Å². The molecular formula is C15H25N3O2. The summed E-state index contributed by atoms with van der Waals surface area (Å²) in [5, 5.41) is 9.20. The highest BCUT2D eigenvalue weighted by Crippen LogP contribution is 2.19. The maximum absolute atomic E-state index is 12.4. The Labute approximate surface area is 121 Å². The van der Waals surface area contributed by atoms with E-state index in [2.05, 4.69) is 17.9 Å². The Bertz CT molecular complexity index is 353. The molecule has 20 heavy (non-hydrogen) atoms. The summed E-state index contributed by atoms with van der Waals surface area (Å²) >= 11 is 0. The third kappa shape index (κ3) is 3.71. The first-order valence-corrected chi connectivity index (χ1v) is 7.76. The van der Waals surface area contributed by atoms with Gasteiger partial charge in [-0.05, 0) is 19.3 Å². The van der Waals surface area contributed by atoms with Gasteiger partial charge in [0.05, 0.1) is 12.1 Å². The molecule has 0 aromatic carbocycles. The lowest BCUT2D eigenvalue weighted by Gasteiger charge is -2.38. The predicted molar refractivity (Wildman–Crippen MR) is 76.0 cm³/mol. The number of rotatable bonds is 4. The van der Waals surface area contributed by atoms with E-state index in [-0.39, 0.29) is 17.9 Å². The zero-order valence-corrected chi connectivity index (χ0v) is 12.4. The summed E-state index contributed by atoms with van der Waals surface area (Å²) in [4.78, 5) is 16.6. The van der Waals surface area contributed by atoms with Gasteiger partial charge in [-0.3, -0.25) is 9.69 Å². The average molecular weight is 279 g/mol. The fraction of sp³-hybridized carbons (Fsp3) is 0.867. The maximum Gasteiger partial charge on any atom is 0.225 e. The van der Waals surface area contributed by atoms with E-state index in [1.807, 2.05) is 4.90 Å². The number of amides is 1. The second kappa shape index (κ2) is 7.61. The first-order chi connectivity index (χ1) is 9.76. The highest BCUT2D eigenvalue weighted by atomic mass is 16.5. The van der Waals surface area contributed by atoms with Crippen LogP contribution in [0, 0.1) is 17.2 Å². The summed E-state index contributed by atoms with van der Waals surface area (Å²) < 4.78 is 5.31. The topological polar surface area (TPSA) is 56.6 Å². The van der Waals surface area contributed by atoms with E-state index in [0.29, 0.717) is 13.2 Å². The number of hydrogen-bond donors (Lipinski definition) is 0. The quantitative estimate of drug-likeness (QED) is 0.777. The molecule has 2 aliphatic rings. The van der Waals surface area contributed by atoms with Crippen molar-refractivity contribution in [3.63, 3.8) is 0 Å². The van der Waals surface area contributed by atoms with Crippen LogP contribution in [0.1, 0.15) is 32.6 Å². The van der Waals surface area contributed by atoms with Gasteiger partial charge in [0.2, 0.25) is 5.91 Å². The molecule has 0 aromatic heterocycles. The molecule has 0 saturated carbocycles. The molecule has 5 heteroatoms. The van der Waals surface area contributed by atoms with Crippen LogP contribution in [-0.4, -0.2) is 61.1 Å². The Kier molecular flexibility index (Phi) is 5.81. The molecule has 1 unspecified atom stereocenters. The molecule has 0 radical (unpaired) electrons. The van der Waals surface area contributed by atoms with Crippen LogP contribution >= 0.6 is 0 Å². The molecule has 1 atom stereocenters. The molecule has 2 rings (SSSR count). The number of piperazine rings is 1. The van der Waals surface area contributed by atoms with Gasteiger partial charge in [-0.2, -0.15) is 5.26 Å². The molecule has 0 bridgehead atoms. The third-order valence-electron chi connectivity index (χ3n) is 4.35. The van der Waals surface area contributed by atoms with Crippen molar-refractivity contribution in [3.8, 4) is 6.07 Å². The minimum atomic E-state index is 0.0142. The maximum atomic E-state index is 12.4. The Hall–Kier alpha value is -1.12. The first kappa shape index (κ1) is 15.3. The smallest absolute Gasteiger partial charge is 0.225 e. The molecule has 2 saturated heterocycles. The van der Waals surface area contributed by atoms with Crippen LogP contribution in [0.25, 0.3) is 0 Å². The van der Waals surface area contributed by atoms with Gasteiger partial charge in [0.25, 0.3) is 0 Å². The summed E-state index contributed by atoms with van der Waals surface area (Å²) in [5.74, 6) is 0.439. The Morgan fingerprint density at radius 3 is 2.50 bits per heavy atom. The SMILES string of the molecule is CCCC(C#N)N1CCN(C(=O)C2CCOCC2)CC1. The fourth-order valence-corrected chi connectivity index (χ4v) is 3.06. The van der Waals surface area contributed by atoms with Crippen molar-refractivity contribution in [3.05, 3.63) is 0 Å². The third-order valence-corrected chi connectivity index (χ3v) is 4.35. The lowest BCUT2D eigenvalue weighted by atomic mass is 9.98. The Morgan fingerprint density at radius 2 is 1.95 bits per heavy atom. The molecule has 2 heterocycles. The number of nitriles is 1. The van der Waals surface area contributed by atoms with Crippen molar-refractivity contribution in [2.24, 2.45) is 5.92 Å². The van der Waals surface area contributed by atoms with E-state index < -0.39 is 0 Å². The van der Waals surface area contributed by atoms with Gasteiger partial charge < -0.3 is 9.64 Å². The summed E-state index contributed by atoms with van der Waals surface area (Å²) in [5.41, 5.74) is 0. The first-order valence-electron chi connectivity index (χ1n) is 7.76. The van der Waals surface area contributed by atoms with Crippen molar-refractivity contribution in [2.75, 3.05) is 39.4 Å². The fourth-order valence-electron chi connectivity index (χ4n) is 3.06. The van der Waals surface area contributed by atoms with E-state index >= 15 is 0 Å². The normalized spacial score (nSPS) is 23.3. The van der Waals surface area contributed by atoms with E-state index in [1.165, 1.54) is 0 Å². The standard InChI is InChI=1S/C15H25N3O2/c1-2-3-14(12-16)17-6-8-18(9-7-17)15(19)13-4-10-20-11-5-13/h13-14H,2-11H2,1H3. The minimum absolute atomic E-state index is 0.0142. The van der Waals surface area contributed by atoms with Gasteiger partial charge in [0, 0.05) is 45.3 Å². The lowest BCUT2D eigenvalue weighted by molar-refractivity contribution is -0.140. The molecule has 0 N–H and O–H groups in total. The van der Waals surface area contributed by atoms with Crippen LogP contribution in [0.2, 0.25) is 0 Å². The average Bonchev–Trinajstić information content (AvgIpc) is 2.53. The molecule has 2 aliphatic heterocycles. The lowest BCUT2D eigenvalue weighted by Crippen LogP contribution is -2.53. The second-order valence-corrected chi connectivity index (χ2v) is 5.68. The van der Waals surface area contributed by atoms with E-state index in [9.17, 15) is 10.1 Å². The minimum Gasteiger partial charge on any atom is -0.381 e. The van der Waals surface area contributed by atoms with Gasteiger partial charge in [-0.1, -0.05) is 13.3 Å². The monoisotopic (exact) mass is 279 g/mol. The van der Waals surface area contributed by atoms with Gasteiger partial charge in [0.15, 0.2) is 0 Å². The molecular weight excluding hydrogens is 254 g/mol. The Balaban J connectivity index is 1.81. The van der Waals surface area contributed by atoms with E-state index in [0.717, 1.165) is 51.9 Å². The number of carbonyl (C=O) groups is 1. The second-order valence-electron chi connectivity index (χ2n) is 5.68. The molecule has 5 nitrogen and oxygen atoms in total. The highest BCUT2D eigenvalue weighted by molar-refractivity contribution is 5.79. The Morgan fingerprint density at radius 1 is 1.30 bits per heavy atom. The molecule has 112 valence electrons. The molecule has 0 spiro atoms. The van der Waals surface area contributed by atoms with Crippen LogP contribution in [0.15, 0.2) is 0 Å². The number of hydrogen-bond acceptors (Lipinski definition) is 4. The van der Waals surface area contributed by atoms with Crippen molar-refractivity contribution in [2.45, 2.75) is 38.6 Å². The number of nitrogens with zero attached hydrogens (tertiary/aromatic N) is 3. The van der Waals surface area contributed by atoms with Crippen LogP contribution in [-0.2, 0) is 9.53 Å². The molecule has 2 fully saturated rings. The summed E-state index contributed by atoms with van der Waals surface area (Å²) in [6.45, 7) is 6.71. The molecule has 0 aromatic rings. The summed E-state index contributed by atoms with van der Waals surface area (Å²) in [7, 11) is 0. The van der Waals surface area contributed by atoms with Gasteiger partial charge in [0.1, 0.15) is 0 Å². The zero-order valence-electron chi connectivity index (χ0n) is 12.4. The predicted octanol–water partition coefficient (Wildman–Crippen LogP) is 1.25. The van der Waals surface area contributed by atoms with Crippen molar-refractivity contribution in [1.82, 2.24) is 9.80 Å². The van der Waals surface area contributed by atoms with Crippen molar-refractivity contribution in [1.29, 1.82) is 5.26 Å². The van der Waals surface area contributed by atoms with Gasteiger partial charge in [-0.25, -0.2) is 0 Å². The largest absolute Gasteiger partial charge is 0.381 e. The highest BCUT2D eigenvalue weighted by Gasteiger charge is 2.30. The van der Waals surface area contributed by atoms with Crippen molar-refractivity contribution < 1.29 is 9.53 Å². The zero-order chi connectivity index (χ0) is 14.4. The van der Waals surface area contributed by atoms with E-state index in [1.54, 1.807) is 0 Å². The van der Waals surface area contributed by atoms with Crippen LogP contribution in [0.4, 0.5) is 0 Å². The molecule has 1 amide bonds. The summed E-state index contributed by atoms with van der Waals surface area (Å²) in [6.07, 6.45) is 3.66. The molecule has 0 aliphatic carbocycles. The number of carbonyl (C=O) groups excluding carboxylic acids is 1. The van der Waals surface area contributed by atoms with Crippen LogP contribution in [0.5, 0.6) is 0 Å². The van der Waals surface area contributed by atoms with E-state index in [4.69, 9.17) is 4.74 Å². The van der Waals surface area contributed by atoms with Crippen LogP contribution < -0.4 is 0 Å². The van der Waals surface area contributed by atoms with Gasteiger partial charge >= 0.3 is 0 Å². The van der Waals surface area contributed by atoms with Gasteiger partial charge in [-0.15, -0.1) is 0 Å². The summed E-state index contributed by atoms with van der Waals surface area (Å²) in [6, 6.07) is 2.40. The van der Waals surface area contributed by atoms with Crippen molar-refractivity contribution >= 4 is 5.91 Å².